The minimum Gasteiger partial charge on any atom is -0.378 e. The lowest BCUT2D eigenvalue weighted by Gasteiger charge is -2.36. The molecule has 0 saturated carbocycles. The molecule has 5 rings (SSSR count). The molecule has 2 amide bonds. The smallest absolute Gasteiger partial charge is 0.259 e. The Morgan fingerprint density at radius 2 is 1.89 bits per heavy atom. The fraction of sp³-hybridized carbons (Fsp3) is 0.321. The quantitative estimate of drug-likeness (QED) is 0.493. The Morgan fingerprint density at radius 1 is 1.14 bits per heavy atom. The number of ketones is 1. The van der Waals surface area contributed by atoms with Gasteiger partial charge in [0.05, 0.1) is 42.1 Å². The minimum atomic E-state index is -0.772. The molecular formula is C28H29N5O4. The van der Waals surface area contributed by atoms with Gasteiger partial charge in [-0.15, -0.1) is 0 Å². The molecule has 0 unspecified atom stereocenters. The standard InChI is InChI=1S/C28H29N5O4/c1-17-6-4-5-7-20(17)31-27(36)19-14-21(25-24(26(19)35)28(2,3)15-23(34)32-25)30-22-9-8-18(16-29-22)33-10-12-37-13-11-33/h4-9,14,16H,10-13,15H2,1-3H3,(H,31,36)(H,32,34). The SMILES string of the molecule is Cc1ccccc1NC(=O)C1=CC(=Nc2ccc(N3CCOCC3)cn2)C2=C(C1=O)C(C)(C)CC(=O)N2. The highest BCUT2D eigenvalue weighted by Gasteiger charge is 2.43. The summed E-state index contributed by atoms with van der Waals surface area (Å²) in [6.07, 6.45) is 3.31. The average Bonchev–Trinajstić information content (AvgIpc) is 2.87. The van der Waals surface area contributed by atoms with Gasteiger partial charge in [0.2, 0.25) is 5.91 Å². The Balaban J connectivity index is 1.53. The summed E-state index contributed by atoms with van der Waals surface area (Å²) in [7, 11) is 0. The number of nitrogens with one attached hydrogen (secondary N) is 2. The Kier molecular flexibility index (Phi) is 6.47. The van der Waals surface area contributed by atoms with Gasteiger partial charge in [-0.3, -0.25) is 14.4 Å². The molecule has 0 bridgehead atoms. The summed E-state index contributed by atoms with van der Waals surface area (Å²) in [4.78, 5) is 50.7. The lowest BCUT2D eigenvalue weighted by atomic mass is 9.71. The van der Waals surface area contributed by atoms with Crippen LogP contribution in [0.25, 0.3) is 0 Å². The second kappa shape index (κ2) is 9.74. The Morgan fingerprint density at radius 3 is 2.59 bits per heavy atom. The van der Waals surface area contributed by atoms with Crippen LogP contribution in [0, 0.1) is 12.3 Å². The van der Waals surface area contributed by atoms with Crippen LogP contribution in [0.3, 0.4) is 0 Å². The van der Waals surface area contributed by atoms with E-state index < -0.39 is 17.1 Å². The van der Waals surface area contributed by atoms with Crippen LogP contribution >= 0.6 is 0 Å². The molecule has 9 heteroatoms. The van der Waals surface area contributed by atoms with Crippen molar-refractivity contribution in [3.63, 3.8) is 0 Å². The topological polar surface area (TPSA) is 113 Å². The maximum atomic E-state index is 13.6. The maximum Gasteiger partial charge on any atom is 0.259 e. The molecule has 1 aromatic carbocycles. The van der Waals surface area contributed by atoms with E-state index in [2.05, 4.69) is 25.5 Å². The third-order valence-electron chi connectivity index (χ3n) is 6.78. The summed E-state index contributed by atoms with van der Waals surface area (Å²) >= 11 is 0. The molecule has 190 valence electrons. The maximum absolute atomic E-state index is 13.6. The van der Waals surface area contributed by atoms with E-state index in [1.54, 1.807) is 18.3 Å². The van der Waals surface area contributed by atoms with Gasteiger partial charge in [-0.2, -0.15) is 0 Å². The molecule has 3 heterocycles. The number of para-hydroxylation sites is 1. The highest BCUT2D eigenvalue weighted by molar-refractivity contribution is 6.37. The number of carbonyl (C=O) groups excluding carboxylic acids is 3. The first kappa shape index (κ1) is 24.6. The summed E-state index contributed by atoms with van der Waals surface area (Å²) < 4.78 is 5.41. The van der Waals surface area contributed by atoms with Crippen molar-refractivity contribution >= 4 is 40.5 Å². The van der Waals surface area contributed by atoms with Crippen molar-refractivity contribution in [3.8, 4) is 0 Å². The number of Topliss-reactive ketones (excluding diaryl/α,β-unsaturated/α-hetero) is 1. The third kappa shape index (κ3) is 4.95. The second-order valence-corrected chi connectivity index (χ2v) is 9.99. The van der Waals surface area contributed by atoms with Crippen LogP contribution in [0.1, 0.15) is 25.8 Å². The number of aromatic nitrogens is 1. The summed E-state index contributed by atoms with van der Waals surface area (Å²) in [6, 6.07) is 11.1. The molecule has 1 aromatic heterocycles. The summed E-state index contributed by atoms with van der Waals surface area (Å²) in [5.74, 6) is -0.746. The molecule has 2 N–H and O–H groups in total. The van der Waals surface area contributed by atoms with E-state index in [9.17, 15) is 14.4 Å². The van der Waals surface area contributed by atoms with E-state index in [-0.39, 0.29) is 17.9 Å². The van der Waals surface area contributed by atoms with E-state index in [0.717, 1.165) is 24.3 Å². The number of hydrogen-bond donors (Lipinski definition) is 2. The first-order valence-electron chi connectivity index (χ1n) is 12.3. The number of morpholine rings is 1. The number of anilines is 2. The summed E-state index contributed by atoms with van der Waals surface area (Å²) in [6.45, 7) is 8.45. The lowest BCUT2D eigenvalue weighted by molar-refractivity contribution is -0.123. The molecule has 9 nitrogen and oxygen atoms in total. The van der Waals surface area contributed by atoms with Gasteiger partial charge in [0.25, 0.3) is 5.91 Å². The molecule has 0 atom stereocenters. The molecule has 2 aromatic rings. The monoisotopic (exact) mass is 499 g/mol. The van der Waals surface area contributed by atoms with Gasteiger partial charge in [-0.25, -0.2) is 9.98 Å². The van der Waals surface area contributed by atoms with Crippen LogP contribution in [-0.2, 0) is 19.1 Å². The predicted octanol–water partition coefficient (Wildman–Crippen LogP) is 3.25. The van der Waals surface area contributed by atoms with Gasteiger partial charge in [0.1, 0.15) is 0 Å². The van der Waals surface area contributed by atoms with Crippen LogP contribution in [0.5, 0.6) is 0 Å². The number of benzene rings is 1. The Bertz CT molecular complexity index is 1370. The average molecular weight is 500 g/mol. The second-order valence-electron chi connectivity index (χ2n) is 9.99. The molecule has 3 aliphatic rings. The Labute approximate surface area is 215 Å². The molecule has 1 saturated heterocycles. The number of carbonyl (C=O) groups is 3. The predicted molar refractivity (Wildman–Crippen MR) is 141 cm³/mol. The summed E-state index contributed by atoms with van der Waals surface area (Å²) in [5, 5.41) is 5.66. The minimum absolute atomic E-state index is 0.0325. The van der Waals surface area contributed by atoms with Gasteiger partial charge in [-0.05, 0) is 36.8 Å². The van der Waals surface area contributed by atoms with Crippen molar-refractivity contribution < 1.29 is 19.1 Å². The first-order valence-corrected chi connectivity index (χ1v) is 12.3. The van der Waals surface area contributed by atoms with E-state index in [0.29, 0.717) is 41.7 Å². The van der Waals surface area contributed by atoms with Crippen molar-refractivity contribution in [2.75, 3.05) is 36.5 Å². The van der Waals surface area contributed by atoms with Crippen molar-refractivity contribution in [2.24, 2.45) is 10.4 Å². The van der Waals surface area contributed by atoms with Gasteiger partial charge < -0.3 is 20.3 Å². The van der Waals surface area contributed by atoms with Gasteiger partial charge >= 0.3 is 0 Å². The van der Waals surface area contributed by atoms with E-state index in [4.69, 9.17) is 4.74 Å². The third-order valence-corrected chi connectivity index (χ3v) is 6.78. The molecule has 1 fully saturated rings. The summed E-state index contributed by atoms with van der Waals surface area (Å²) in [5.41, 5.74) is 2.68. The van der Waals surface area contributed by atoms with Crippen LogP contribution in [0.15, 0.2) is 70.5 Å². The highest BCUT2D eigenvalue weighted by Crippen LogP contribution is 2.40. The van der Waals surface area contributed by atoms with Crippen molar-refractivity contribution in [1.82, 2.24) is 10.3 Å². The van der Waals surface area contributed by atoms with Crippen molar-refractivity contribution in [2.45, 2.75) is 27.2 Å². The van der Waals surface area contributed by atoms with Crippen LogP contribution in [0.4, 0.5) is 17.2 Å². The number of nitrogens with zero attached hydrogens (tertiary/aromatic N) is 3. The fourth-order valence-corrected chi connectivity index (χ4v) is 4.83. The molecule has 1 aliphatic carbocycles. The van der Waals surface area contributed by atoms with Crippen molar-refractivity contribution in [3.05, 3.63) is 71.1 Å². The number of aliphatic imine (C=N–C) groups is 1. The van der Waals surface area contributed by atoms with Gasteiger partial charge in [0.15, 0.2) is 11.6 Å². The Hall–Kier alpha value is -4.11. The zero-order chi connectivity index (χ0) is 26.2. The number of rotatable bonds is 4. The van der Waals surface area contributed by atoms with Crippen LogP contribution < -0.4 is 15.5 Å². The fourth-order valence-electron chi connectivity index (χ4n) is 4.83. The molecule has 2 aliphatic heterocycles. The molecule has 0 spiro atoms. The molecule has 0 radical (unpaired) electrons. The number of ether oxygens (including phenoxy) is 1. The number of pyridine rings is 1. The van der Waals surface area contributed by atoms with E-state index in [1.807, 2.05) is 45.0 Å². The van der Waals surface area contributed by atoms with E-state index in [1.165, 1.54) is 6.08 Å². The van der Waals surface area contributed by atoms with Gasteiger partial charge in [0, 0.05) is 36.2 Å². The molecule has 37 heavy (non-hydrogen) atoms. The number of amides is 2. The highest BCUT2D eigenvalue weighted by atomic mass is 16.5. The van der Waals surface area contributed by atoms with Gasteiger partial charge in [-0.1, -0.05) is 32.0 Å². The van der Waals surface area contributed by atoms with Crippen LogP contribution in [-0.4, -0.2) is 54.6 Å². The number of allylic oxidation sites excluding steroid dienone is 2. The van der Waals surface area contributed by atoms with Crippen molar-refractivity contribution in [1.29, 1.82) is 0 Å². The van der Waals surface area contributed by atoms with E-state index >= 15 is 0 Å². The zero-order valence-corrected chi connectivity index (χ0v) is 21.1. The number of hydrogen-bond acceptors (Lipinski definition) is 7. The normalized spacial score (nSPS) is 20.4. The lowest BCUT2D eigenvalue weighted by Crippen LogP contribution is -2.45. The molecular weight excluding hydrogens is 470 g/mol. The number of aryl methyl sites for hydroxylation is 1. The van der Waals surface area contributed by atoms with Crippen LogP contribution in [0.2, 0.25) is 0 Å². The first-order chi connectivity index (χ1) is 17.7. The zero-order valence-electron chi connectivity index (χ0n) is 21.1. The largest absolute Gasteiger partial charge is 0.378 e.